The predicted molar refractivity (Wildman–Crippen MR) is 131 cm³/mol. The fourth-order valence-electron chi connectivity index (χ4n) is 5.77. The molecule has 1 aromatic heterocycles. The number of halogens is 2. The highest BCUT2D eigenvalue weighted by Gasteiger charge is 2.40. The van der Waals surface area contributed by atoms with E-state index in [0.29, 0.717) is 16.8 Å². The third-order valence-electron chi connectivity index (χ3n) is 7.42. The van der Waals surface area contributed by atoms with E-state index in [9.17, 15) is 8.78 Å². The zero-order valence-corrected chi connectivity index (χ0v) is 19.8. The summed E-state index contributed by atoms with van der Waals surface area (Å²) < 4.78 is 26.8. The van der Waals surface area contributed by atoms with Crippen molar-refractivity contribution in [3.8, 4) is 22.5 Å². The average molecular weight is 449 g/mol. The summed E-state index contributed by atoms with van der Waals surface area (Å²) in [6.45, 7) is 4.62. The molecule has 0 spiro atoms. The first-order chi connectivity index (χ1) is 16.1. The van der Waals surface area contributed by atoms with Gasteiger partial charge in [-0.25, -0.2) is 18.7 Å². The summed E-state index contributed by atoms with van der Waals surface area (Å²) in [5, 5.41) is 0. The lowest BCUT2D eigenvalue weighted by Gasteiger charge is -2.45. The molecule has 4 rings (SSSR count). The van der Waals surface area contributed by atoms with E-state index in [-0.39, 0.29) is 0 Å². The van der Waals surface area contributed by atoms with Gasteiger partial charge in [0.1, 0.15) is 0 Å². The molecule has 0 N–H and O–H groups in total. The number of nitrogens with zero attached hydrogens (tertiary/aromatic N) is 2. The van der Waals surface area contributed by atoms with Crippen LogP contribution in [0.2, 0.25) is 0 Å². The van der Waals surface area contributed by atoms with Crippen LogP contribution in [0.25, 0.3) is 22.5 Å². The minimum absolute atomic E-state index is 0.301. The van der Waals surface area contributed by atoms with Gasteiger partial charge in [-0.3, -0.25) is 0 Å². The first-order valence-corrected chi connectivity index (χ1v) is 12.5. The van der Waals surface area contributed by atoms with Gasteiger partial charge in [0.05, 0.1) is 0 Å². The molecule has 0 amide bonds. The van der Waals surface area contributed by atoms with Crippen molar-refractivity contribution in [2.75, 3.05) is 0 Å². The number of benzene rings is 2. The Hall–Kier alpha value is -2.62. The van der Waals surface area contributed by atoms with Gasteiger partial charge >= 0.3 is 0 Å². The third kappa shape index (κ3) is 5.00. The lowest BCUT2D eigenvalue weighted by atomic mass is 9.60. The van der Waals surface area contributed by atoms with Gasteiger partial charge in [0.25, 0.3) is 0 Å². The number of hydrogen-bond acceptors (Lipinski definition) is 2. The Morgan fingerprint density at radius 1 is 0.758 bits per heavy atom. The smallest absolute Gasteiger partial charge is 0.159 e. The molecular weight excluding hydrogens is 414 g/mol. The average Bonchev–Trinajstić information content (AvgIpc) is 2.86. The molecule has 0 saturated heterocycles. The number of aromatic nitrogens is 2. The Morgan fingerprint density at radius 2 is 1.36 bits per heavy atom. The van der Waals surface area contributed by atoms with Crippen LogP contribution in [-0.4, -0.2) is 9.97 Å². The summed E-state index contributed by atoms with van der Waals surface area (Å²) in [6.07, 6.45) is 15.2. The van der Waals surface area contributed by atoms with Crippen LogP contribution < -0.4 is 0 Å². The zero-order chi connectivity index (χ0) is 23.3. The molecule has 0 aliphatic heterocycles. The van der Waals surface area contributed by atoms with E-state index in [0.717, 1.165) is 29.2 Å². The van der Waals surface area contributed by atoms with E-state index in [1.165, 1.54) is 69.4 Å². The molecule has 1 heterocycles. The van der Waals surface area contributed by atoms with Crippen molar-refractivity contribution < 1.29 is 8.78 Å². The van der Waals surface area contributed by atoms with E-state index < -0.39 is 11.6 Å². The van der Waals surface area contributed by atoms with Gasteiger partial charge in [-0.15, -0.1) is 0 Å². The number of rotatable bonds is 8. The maximum atomic E-state index is 13.6. The normalized spacial score (nSPS) is 15.7. The maximum Gasteiger partial charge on any atom is 0.159 e. The third-order valence-corrected chi connectivity index (χ3v) is 7.42. The predicted octanol–water partition coefficient (Wildman–Crippen LogP) is 8.51. The van der Waals surface area contributed by atoms with Gasteiger partial charge in [-0.05, 0) is 66.3 Å². The van der Waals surface area contributed by atoms with Crippen LogP contribution in [0.15, 0.2) is 54.9 Å². The second-order valence-corrected chi connectivity index (χ2v) is 9.49. The van der Waals surface area contributed by atoms with Gasteiger partial charge < -0.3 is 0 Å². The monoisotopic (exact) mass is 448 g/mol. The number of hydrogen-bond donors (Lipinski definition) is 0. The molecule has 2 aromatic carbocycles. The van der Waals surface area contributed by atoms with Gasteiger partial charge in [0, 0.05) is 23.5 Å². The molecule has 1 aliphatic rings. The quantitative estimate of drug-likeness (QED) is 0.345. The van der Waals surface area contributed by atoms with Crippen molar-refractivity contribution in [1.29, 1.82) is 0 Å². The molecule has 3 aromatic rings. The summed E-state index contributed by atoms with van der Waals surface area (Å²) in [6, 6.07) is 12.8. The van der Waals surface area contributed by atoms with Crippen molar-refractivity contribution in [3.63, 3.8) is 0 Å². The highest BCUT2D eigenvalue weighted by atomic mass is 19.2. The van der Waals surface area contributed by atoms with Crippen molar-refractivity contribution in [2.24, 2.45) is 5.92 Å². The van der Waals surface area contributed by atoms with E-state index >= 15 is 0 Å². The van der Waals surface area contributed by atoms with E-state index in [1.807, 2.05) is 0 Å². The highest BCUT2D eigenvalue weighted by molar-refractivity contribution is 5.64. The molecule has 1 fully saturated rings. The first kappa shape index (κ1) is 23.5. The summed E-state index contributed by atoms with van der Waals surface area (Å²) in [5.41, 5.74) is 4.24. The molecule has 0 radical (unpaired) electrons. The van der Waals surface area contributed by atoms with Crippen LogP contribution in [0, 0.1) is 17.6 Å². The Morgan fingerprint density at radius 3 is 1.94 bits per heavy atom. The van der Waals surface area contributed by atoms with Crippen LogP contribution in [0.4, 0.5) is 8.78 Å². The fraction of sp³-hybridized carbons (Fsp3) is 0.448. The molecule has 2 nitrogen and oxygen atoms in total. The van der Waals surface area contributed by atoms with Gasteiger partial charge in [0.15, 0.2) is 17.5 Å². The van der Waals surface area contributed by atoms with Crippen LogP contribution in [0.3, 0.4) is 0 Å². The molecule has 4 heteroatoms. The van der Waals surface area contributed by atoms with E-state index in [4.69, 9.17) is 0 Å². The zero-order valence-electron chi connectivity index (χ0n) is 19.8. The maximum absolute atomic E-state index is 13.6. The molecule has 1 aliphatic carbocycles. The standard InChI is InChI=1S/C29H34F2N2/c1-3-8-24(9-4-2)29(16-6-5-7-17-29)25-13-10-21(11-14-25)23-19-32-28(33-20-23)22-12-15-26(30)27(31)18-22/h10-15,18-20,24H,3-9,16-17H2,1-2H3. The molecule has 174 valence electrons. The second kappa shape index (κ2) is 10.5. The molecule has 33 heavy (non-hydrogen) atoms. The second-order valence-electron chi connectivity index (χ2n) is 9.49. The molecular formula is C29H34F2N2. The van der Waals surface area contributed by atoms with Gasteiger partial charge in [0.2, 0.25) is 0 Å². The van der Waals surface area contributed by atoms with Gasteiger partial charge in [-0.1, -0.05) is 70.2 Å². The summed E-state index contributed by atoms with van der Waals surface area (Å²) in [5.74, 6) is -0.627. The van der Waals surface area contributed by atoms with Crippen LogP contribution in [0.1, 0.15) is 77.2 Å². The lowest BCUT2D eigenvalue weighted by Crippen LogP contribution is -2.37. The minimum atomic E-state index is -0.892. The molecule has 0 unspecified atom stereocenters. The largest absolute Gasteiger partial charge is 0.236 e. The van der Waals surface area contributed by atoms with Crippen molar-refractivity contribution in [3.05, 3.63) is 72.1 Å². The Bertz CT molecular complexity index is 1030. The van der Waals surface area contributed by atoms with Gasteiger partial charge in [-0.2, -0.15) is 0 Å². The SMILES string of the molecule is CCCC(CCC)C1(c2ccc(-c3cnc(-c4ccc(F)c(F)c4)nc3)cc2)CCCCC1. The van der Waals surface area contributed by atoms with Crippen molar-refractivity contribution in [1.82, 2.24) is 9.97 Å². The minimum Gasteiger partial charge on any atom is -0.236 e. The summed E-state index contributed by atoms with van der Waals surface area (Å²) in [7, 11) is 0. The Kier molecular flexibility index (Phi) is 7.52. The van der Waals surface area contributed by atoms with Crippen LogP contribution in [-0.2, 0) is 5.41 Å². The molecule has 0 bridgehead atoms. The fourth-order valence-corrected chi connectivity index (χ4v) is 5.77. The Balaban J connectivity index is 1.59. The molecule has 0 atom stereocenters. The van der Waals surface area contributed by atoms with Crippen LogP contribution >= 0.6 is 0 Å². The Labute approximate surface area is 196 Å². The van der Waals surface area contributed by atoms with E-state index in [1.54, 1.807) is 12.4 Å². The topological polar surface area (TPSA) is 25.8 Å². The summed E-state index contributed by atoms with van der Waals surface area (Å²) >= 11 is 0. The summed E-state index contributed by atoms with van der Waals surface area (Å²) in [4.78, 5) is 8.80. The van der Waals surface area contributed by atoms with Crippen molar-refractivity contribution >= 4 is 0 Å². The lowest BCUT2D eigenvalue weighted by molar-refractivity contribution is 0.168. The highest BCUT2D eigenvalue weighted by Crippen LogP contribution is 2.48. The molecule has 1 saturated carbocycles. The van der Waals surface area contributed by atoms with E-state index in [2.05, 4.69) is 48.1 Å². The first-order valence-electron chi connectivity index (χ1n) is 12.5. The van der Waals surface area contributed by atoms with Crippen molar-refractivity contribution in [2.45, 2.75) is 77.0 Å². The van der Waals surface area contributed by atoms with Crippen LogP contribution in [0.5, 0.6) is 0 Å².